The zero-order chi connectivity index (χ0) is 10.1. The SMILES string of the molecule is CCOCC(C)NCCOC(N)=O. The molecule has 1 unspecified atom stereocenters. The minimum atomic E-state index is -0.737. The van der Waals surface area contributed by atoms with E-state index in [0.29, 0.717) is 26.4 Å². The molecule has 0 heterocycles. The maximum Gasteiger partial charge on any atom is 0.404 e. The molecule has 1 amide bonds. The van der Waals surface area contributed by atoms with Gasteiger partial charge in [0.25, 0.3) is 0 Å². The number of nitrogens with two attached hydrogens (primary N) is 1. The largest absolute Gasteiger partial charge is 0.448 e. The van der Waals surface area contributed by atoms with E-state index >= 15 is 0 Å². The minimum Gasteiger partial charge on any atom is -0.448 e. The average molecular weight is 190 g/mol. The first-order chi connectivity index (χ1) is 6.16. The predicted molar refractivity (Wildman–Crippen MR) is 49.5 cm³/mol. The number of carbonyl (C=O) groups is 1. The number of carbonyl (C=O) groups excluding carboxylic acids is 1. The number of hydrogen-bond donors (Lipinski definition) is 2. The first-order valence-corrected chi connectivity index (χ1v) is 4.40. The summed E-state index contributed by atoms with van der Waals surface area (Å²) in [7, 11) is 0. The topological polar surface area (TPSA) is 73.6 Å². The fraction of sp³-hybridized carbons (Fsp3) is 0.875. The first-order valence-electron chi connectivity index (χ1n) is 4.40. The van der Waals surface area contributed by atoms with Gasteiger partial charge in [-0.25, -0.2) is 4.79 Å². The van der Waals surface area contributed by atoms with Crippen LogP contribution in [0.4, 0.5) is 4.79 Å². The summed E-state index contributed by atoms with van der Waals surface area (Å²) < 4.78 is 9.71. The van der Waals surface area contributed by atoms with Crippen molar-refractivity contribution >= 4 is 6.09 Å². The summed E-state index contributed by atoms with van der Waals surface area (Å²) >= 11 is 0. The molecule has 5 nitrogen and oxygen atoms in total. The van der Waals surface area contributed by atoms with Crippen LogP contribution in [-0.4, -0.2) is 38.5 Å². The van der Waals surface area contributed by atoms with Crippen LogP contribution in [0.1, 0.15) is 13.8 Å². The summed E-state index contributed by atoms with van der Waals surface area (Å²) in [4.78, 5) is 10.2. The van der Waals surface area contributed by atoms with Gasteiger partial charge >= 0.3 is 6.09 Å². The molecule has 0 saturated carbocycles. The van der Waals surface area contributed by atoms with E-state index in [2.05, 4.69) is 10.1 Å². The van der Waals surface area contributed by atoms with Crippen LogP contribution >= 0.6 is 0 Å². The zero-order valence-corrected chi connectivity index (χ0v) is 8.21. The molecule has 0 aliphatic carbocycles. The van der Waals surface area contributed by atoms with E-state index in [0.717, 1.165) is 0 Å². The van der Waals surface area contributed by atoms with Crippen molar-refractivity contribution in [1.82, 2.24) is 5.32 Å². The minimum absolute atomic E-state index is 0.261. The molecule has 0 aliphatic rings. The van der Waals surface area contributed by atoms with Crippen molar-refractivity contribution in [2.75, 3.05) is 26.4 Å². The number of rotatable bonds is 7. The van der Waals surface area contributed by atoms with Crippen molar-refractivity contribution in [3.8, 4) is 0 Å². The van der Waals surface area contributed by atoms with Crippen molar-refractivity contribution in [3.63, 3.8) is 0 Å². The van der Waals surface area contributed by atoms with Crippen LogP contribution < -0.4 is 11.1 Å². The first kappa shape index (κ1) is 12.2. The quantitative estimate of drug-likeness (QED) is 0.558. The smallest absolute Gasteiger partial charge is 0.404 e. The number of primary amides is 1. The van der Waals surface area contributed by atoms with Crippen molar-refractivity contribution in [3.05, 3.63) is 0 Å². The van der Waals surface area contributed by atoms with Gasteiger partial charge in [-0.05, 0) is 13.8 Å². The molecule has 0 bridgehead atoms. The summed E-state index contributed by atoms with van der Waals surface area (Å²) in [5.41, 5.74) is 4.78. The van der Waals surface area contributed by atoms with Gasteiger partial charge in [0.15, 0.2) is 0 Å². The van der Waals surface area contributed by atoms with Crippen LogP contribution in [0.5, 0.6) is 0 Å². The molecule has 0 aromatic carbocycles. The van der Waals surface area contributed by atoms with Crippen LogP contribution in [0.2, 0.25) is 0 Å². The number of nitrogens with one attached hydrogen (secondary N) is 1. The highest BCUT2D eigenvalue weighted by Crippen LogP contribution is 1.83. The molecule has 13 heavy (non-hydrogen) atoms. The summed E-state index contributed by atoms with van der Waals surface area (Å²) in [6, 6.07) is 0.261. The molecule has 0 fully saturated rings. The van der Waals surface area contributed by atoms with E-state index in [1.54, 1.807) is 0 Å². The maximum atomic E-state index is 10.2. The van der Waals surface area contributed by atoms with Gasteiger partial charge < -0.3 is 20.5 Å². The molecule has 78 valence electrons. The summed E-state index contributed by atoms with van der Waals surface area (Å²) in [6.45, 7) is 6.21. The predicted octanol–water partition coefficient (Wildman–Crippen LogP) is 0.0963. The van der Waals surface area contributed by atoms with E-state index in [1.165, 1.54) is 0 Å². The molecule has 0 radical (unpaired) electrons. The zero-order valence-electron chi connectivity index (χ0n) is 8.21. The average Bonchev–Trinajstić information content (AvgIpc) is 2.08. The Morgan fingerprint density at radius 1 is 1.62 bits per heavy atom. The number of ether oxygens (including phenoxy) is 2. The van der Waals surface area contributed by atoms with Crippen molar-refractivity contribution in [2.24, 2.45) is 5.73 Å². The van der Waals surface area contributed by atoms with Gasteiger partial charge in [-0.1, -0.05) is 0 Å². The van der Waals surface area contributed by atoms with Crippen molar-refractivity contribution in [2.45, 2.75) is 19.9 Å². The molecule has 3 N–H and O–H groups in total. The lowest BCUT2D eigenvalue weighted by Crippen LogP contribution is -2.34. The normalized spacial score (nSPS) is 12.5. The molecule has 0 saturated heterocycles. The Labute approximate surface area is 78.6 Å². The lowest BCUT2D eigenvalue weighted by molar-refractivity contribution is 0.122. The fourth-order valence-corrected chi connectivity index (χ4v) is 0.811. The fourth-order valence-electron chi connectivity index (χ4n) is 0.811. The van der Waals surface area contributed by atoms with Crippen LogP contribution in [0, 0.1) is 0 Å². The second-order valence-electron chi connectivity index (χ2n) is 2.68. The summed E-state index contributed by atoms with van der Waals surface area (Å²) in [6.07, 6.45) is -0.737. The Balaban J connectivity index is 3.16. The molecular formula is C8H18N2O3. The standard InChI is InChI=1S/C8H18N2O3/c1-3-12-6-7(2)10-4-5-13-8(9)11/h7,10H,3-6H2,1-2H3,(H2,9,11). The van der Waals surface area contributed by atoms with E-state index in [1.807, 2.05) is 13.8 Å². The highest BCUT2D eigenvalue weighted by molar-refractivity contribution is 5.64. The monoisotopic (exact) mass is 190 g/mol. The van der Waals surface area contributed by atoms with Gasteiger partial charge in [0.2, 0.25) is 0 Å². The summed E-state index contributed by atoms with van der Waals surface area (Å²) in [5, 5.41) is 3.12. The lowest BCUT2D eigenvalue weighted by Gasteiger charge is -2.12. The van der Waals surface area contributed by atoms with Gasteiger partial charge in [0.1, 0.15) is 6.61 Å². The molecule has 5 heteroatoms. The number of amides is 1. The highest BCUT2D eigenvalue weighted by Gasteiger charge is 2.00. The Bertz CT molecular complexity index is 141. The van der Waals surface area contributed by atoms with Gasteiger partial charge in [-0.3, -0.25) is 0 Å². The van der Waals surface area contributed by atoms with Crippen molar-refractivity contribution in [1.29, 1.82) is 0 Å². The van der Waals surface area contributed by atoms with E-state index in [9.17, 15) is 4.79 Å². The Hall–Kier alpha value is -0.810. The highest BCUT2D eigenvalue weighted by atomic mass is 16.5. The van der Waals surface area contributed by atoms with Gasteiger partial charge in [0, 0.05) is 19.2 Å². The maximum absolute atomic E-state index is 10.2. The molecular weight excluding hydrogens is 172 g/mol. The molecule has 1 atom stereocenters. The Kier molecular flexibility index (Phi) is 7.33. The van der Waals surface area contributed by atoms with E-state index < -0.39 is 6.09 Å². The molecule has 0 aromatic heterocycles. The third-order valence-electron chi connectivity index (χ3n) is 1.41. The van der Waals surface area contributed by atoms with Gasteiger partial charge in [-0.15, -0.1) is 0 Å². The third kappa shape index (κ3) is 9.10. The lowest BCUT2D eigenvalue weighted by atomic mass is 10.3. The summed E-state index contributed by atoms with van der Waals surface area (Å²) in [5.74, 6) is 0. The van der Waals surface area contributed by atoms with Gasteiger partial charge in [0.05, 0.1) is 6.61 Å². The molecule has 0 rings (SSSR count). The van der Waals surface area contributed by atoms with E-state index in [4.69, 9.17) is 10.5 Å². The number of hydrogen-bond acceptors (Lipinski definition) is 4. The Morgan fingerprint density at radius 3 is 2.85 bits per heavy atom. The van der Waals surface area contributed by atoms with Gasteiger partial charge in [-0.2, -0.15) is 0 Å². The van der Waals surface area contributed by atoms with Crippen LogP contribution in [0.25, 0.3) is 0 Å². The van der Waals surface area contributed by atoms with Crippen molar-refractivity contribution < 1.29 is 14.3 Å². The van der Waals surface area contributed by atoms with E-state index in [-0.39, 0.29) is 6.04 Å². The van der Waals surface area contributed by atoms with Crippen LogP contribution in [-0.2, 0) is 9.47 Å². The third-order valence-corrected chi connectivity index (χ3v) is 1.41. The van der Waals surface area contributed by atoms with Crippen LogP contribution in [0.3, 0.4) is 0 Å². The molecule has 0 aromatic rings. The second kappa shape index (κ2) is 7.82. The molecule has 0 spiro atoms. The van der Waals surface area contributed by atoms with Crippen LogP contribution in [0.15, 0.2) is 0 Å². The second-order valence-corrected chi connectivity index (χ2v) is 2.68. The molecule has 0 aliphatic heterocycles. The Morgan fingerprint density at radius 2 is 2.31 bits per heavy atom.